The first-order chi connectivity index (χ1) is 4.43. The third-order valence-electron chi connectivity index (χ3n) is 1.28. The van der Waals surface area contributed by atoms with Crippen molar-refractivity contribution < 1.29 is 36.5 Å². The number of rotatable bonds is 2. The molecule has 0 bridgehead atoms. The molecule has 0 fully saturated rings. The Balaban J connectivity index is 0. The van der Waals surface area contributed by atoms with Crippen molar-refractivity contribution in [2.75, 3.05) is 0 Å². The van der Waals surface area contributed by atoms with Crippen LogP contribution in [0.5, 0.6) is 0 Å². The van der Waals surface area contributed by atoms with E-state index in [0.717, 1.165) is 6.42 Å². The van der Waals surface area contributed by atoms with Gasteiger partial charge in [-0.3, -0.25) is 0 Å². The van der Waals surface area contributed by atoms with Crippen molar-refractivity contribution in [2.45, 2.75) is 13.3 Å². The fraction of sp³-hybridized carbons (Fsp3) is 0.222. The number of halogens is 1. The smallest absolute Gasteiger partial charge is 0 e. The van der Waals surface area contributed by atoms with Crippen LogP contribution in [0.3, 0.4) is 0 Å². The third-order valence-corrected chi connectivity index (χ3v) is 1.28. The van der Waals surface area contributed by atoms with E-state index in [1.807, 2.05) is 6.07 Å². The first kappa shape index (κ1) is 13.9. The summed E-state index contributed by atoms with van der Waals surface area (Å²) in [6, 6.07) is 10.5. The van der Waals surface area contributed by atoms with Crippen molar-refractivity contribution in [3.05, 3.63) is 42.3 Å². The summed E-state index contributed by atoms with van der Waals surface area (Å²) >= 11 is 0. The number of hydrogen-bond donors (Lipinski definition) is 0. The van der Waals surface area contributed by atoms with Gasteiger partial charge in [0.15, 0.2) is 0 Å². The predicted octanol–water partition coefficient (Wildman–Crippen LogP) is -0.545. The van der Waals surface area contributed by atoms with Crippen LogP contribution in [-0.2, 0) is 25.9 Å². The molecule has 0 saturated carbocycles. The third kappa shape index (κ3) is 5.58. The van der Waals surface area contributed by atoms with Crippen LogP contribution >= 0.6 is 0 Å². The van der Waals surface area contributed by atoms with Gasteiger partial charge in [-0.1, -0.05) is 37.3 Å². The summed E-state index contributed by atoms with van der Waals surface area (Å²) in [6.45, 7) is 2.08. The molecule has 57 valence electrons. The van der Waals surface area contributed by atoms with Crippen LogP contribution in [-0.4, -0.2) is 0 Å². The quantitative estimate of drug-likeness (QED) is 0.629. The van der Waals surface area contributed by atoms with E-state index in [2.05, 4.69) is 37.6 Å². The molecule has 2 heteroatoms. The molecule has 1 rings (SSSR count). The van der Waals surface area contributed by atoms with Crippen molar-refractivity contribution in [1.29, 1.82) is 0 Å². The van der Waals surface area contributed by atoms with E-state index in [1.165, 1.54) is 5.56 Å². The maximum atomic E-state index is 2.16. The summed E-state index contributed by atoms with van der Waals surface area (Å²) in [7, 11) is 0. The Morgan fingerprint density at radius 1 is 1.18 bits per heavy atom. The van der Waals surface area contributed by atoms with Gasteiger partial charge in [0.25, 0.3) is 0 Å². The second-order valence-electron chi connectivity index (χ2n) is 2.10. The van der Waals surface area contributed by atoms with Crippen molar-refractivity contribution in [3.8, 4) is 0 Å². The van der Waals surface area contributed by atoms with Gasteiger partial charge >= 0.3 is 0 Å². The maximum absolute atomic E-state index is 2.16. The SMILES string of the molecule is C[CH]Cc1ccccc1.[Br-].[Zn]. The van der Waals surface area contributed by atoms with E-state index in [1.54, 1.807) is 0 Å². The topological polar surface area (TPSA) is 0 Å². The molecule has 0 spiro atoms. The minimum atomic E-state index is 0. The first-order valence-electron chi connectivity index (χ1n) is 3.25. The van der Waals surface area contributed by atoms with Gasteiger partial charge in [-0.25, -0.2) is 0 Å². The van der Waals surface area contributed by atoms with Crippen LogP contribution in [0.2, 0.25) is 0 Å². The van der Waals surface area contributed by atoms with Crippen molar-refractivity contribution in [3.63, 3.8) is 0 Å². The van der Waals surface area contributed by atoms with E-state index in [9.17, 15) is 0 Å². The Hall–Kier alpha value is 0.323. The molecule has 0 aliphatic carbocycles. The average Bonchev–Trinajstić information content (AvgIpc) is 1.91. The molecule has 1 aromatic carbocycles. The van der Waals surface area contributed by atoms with Gasteiger partial charge in [-0.2, -0.15) is 0 Å². The van der Waals surface area contributed by atoms with Gasteiger partial charge in [0.1, 0.15) is 0 Å². The fourth-order valence-corrected chi connectivity index (χ4v) is 0.850. The normalized spacial score (nSPS) is 7.73. The zero-order valence-corrected chi connectivity index (χ0v) is 11.3. The zero-order chi connectivity index (χ0) is 6.53. The van der Waals surface area contributed by atoms with Crippen LogP contribution in [0, 0.1) is 6.42 Å². The molecular weight excluding hydrogens is 253 g/mol. The van der Waals surface area contributed by atoms with Crippen molar-refractivity contribution in [1.82, 2.24) is 0 Å². The summed E-state index contributed by atoms with van der Waals surface area (Å²) < 4.78 is 0. The summed E-state index contributed by atoms with van der Waals surface area (Å²) in [5, 5.41) is 0. The minimum absolute atomic E-state index is 0. The molecule has 11 heavy (non-hydrogen) atoms. The molecule has 0 unspecified atom stereocenters. The maximum Gasteiger partial charge on any atom is 0 e. The van der Waals surface area contributed by atoms with E-state index in [0.29, 0.717) is 0 Å². The second-order valence-corrected chi connectivity index (χ2v) is 2.10. The minimum Gasteiger partial charge on any atom is -1.00 e. The Morgan fingerprint density at radius 2 is 1.73 bits per heavy atom. The largest absolute Gasteiger partial charge is 1.00 e. The van der Waals surface area contributed by atoms with E-state index in [-0.39, 0.29) is 36.5 Å². The molecule has 0 atom stereocenters. The van der Waals surface area contributed by atoms with Gasteiger partial charge in [-0.15, -0.1) is 0 Å². The summed E-state index contributed by atoms with van der Waals surface area (Å²) in [5.41, 5.74) is 1.39. The standard InChI is InChI=1S/C9H11.BrH.Zn/c1-2-6-9-7-4-3-5-8-9;;/h2-5,7-8H,6H2,1H3;1H;/p-1. The van der Waals surface area contributed by atoms with E-state index >= 15 is 0 Å². The van der Waals surface area contributed by atoms with Gasteiger partial charge in [-0.05, 0) is 18.4 Å². The van der Waals surface area contributed by atoms with Gasteiger partial charge in [0.05, 0.1) is 0 Å². The molecule has 0 aliphatic rings. The molecule has 0 nitrogen and oxygen atoms in total. The van der Waals surface area contributed by atoms with Gasteiger partial charge in [0, 0.05) is 19.5 Å². The molecular formula is C9H11BrZn-. The van der Waals surface area contributed by atoms with Gasteiger partial charge in [0.2, 0.25) is 0 Å². The molecule has 0 aromatic heterocycles. The number of benzene rings is 1. The molecule has 0 aliphatic heterocycles. The molecule has 1 radical (unpaired) electrons. The fourth-order valence-electron chi connectivity index (χ4n) is 0.850. The van der Waals surface area contributed by atoms with Crippen LogP contribution in [0.4, 0.5) is 0 Å². The van der Waals surface area contributed by atoms with E-state index < -0.39 is 0 Å². The first-order valence-corrected chi connectivity index (χ1v) is 3.25. The Kier molecular flexibility index (Phi) is 10.6. The summed E-state index contributed by atoms with van der Waals surface area (Å²) in [6.07, 6.45) is 3.25. The van der Waals surface area contributed by atoms with Crippen LogP contribution in [0.25, 0.3) is 0 Å². The molecule has 0 heterocycles. The average molecular weight is 264 g/mol. The number of hydrogen-bond acceptors (Lipinski definition) is 0. The molecule has 0 saturated heterocycles. The second kappa shape index (κ2) is 8.42. The van der Waals surface area contributed by atoms with Crippen molar-refractivity contribution >= 4 is 0 Å². The van der Waals surface area contributed by atoms with Crippen molar-refractivity contribution in [2.24, 2.45) is 0 Å². The molecule has 0 N–H and O–H groups in total. The van der Waals surface area contributed by atoms with E-state index in [4.69, 9.17) is 0 Å². The Bertz CT molecular complexity index is 162. The molecule has 0 amide bonds. The Labute approximate surface area is 91.9 Å². The van der Waals surface area contributed by atoms with Crippen LogP contribution in [0.15, 0.2) is 30.3 Å². The van der Waals surface area contributed by atoms with Crippen LogP contribution < -0.4 is 17.0 Å². The van der Waals surface area contributed by atoms with Gasteiger partial charge < -0.3 is 17.0 Å². The summed E-state index contributed by atoms with van der Waals surface area (Å²) in [4.78, 5) is 0. The zero-order valence-electron chi connectivity index (χ0n) is 6.76. The monoisotopic (exact) mass is 262 g/mol. The van der Waals surface area contributed by atoms with Crippen LogP contribution in [0.1, 0.15) is 12.5 Å². The summed E-state index contributed by atoms with van der Waals surface area (Å²) in [5.74, 6) is 0. The predicted molar refractivity (Wildman–Crippen MR) is 40.1 cm³/mol. The molecule has 1 aromatic rings. The Morgan fingerprint density at radius 3 is 2.18 bits per heavy atom.